The number of rotatable bonds is 4. The van der Waals surface area contributed by atoms with Gasteiger partial charge in [-0.15, -0.1) is 0 Å². The Kier molecular flexibility index (Phi) is 5.43. The first-order chi connectivity index (χ1) is 13.9. The van der Waals surface area contributed by atoms with Crippen LogP contribution in [0.2, 0.25) is 5.02 Å². The lowest BCUT2D eigenvalue weighted by atomic mass is 10.1. The van der Waals surface area contributed by atoms with Gasteiger partial charge in [-0.2, -0.15) is 0 Å². The monoisotopic (exact) mass is 428 g/mol. The highest BCUT2D eigenvalue weighted by molar-refractivity contribution is 7.71. The predicted molar refractivity (Wildman–Crippen MR) is 119 cm³/mol. The van der Waals surface area contributed by atoms with Gasteiger partial charge in [0.15, 0.2) is 4.77 Å². The summed E-state index contributed by atoms with van der Waals surface area (Å²) in [6.45, 7) is 4.49. The van der Waals surface area contributed by atoms with Crippen molar-refractivity contribution in [2.75, 3.05) is 24.5 Å². The van der Waals surface area contributed by atoms with Gasteiger partial charge in [0.05, 0.1) is 10.9 Å². The second-order valence-corrected chi connectivity index (χ2v) is 8.25. The summed E-state index contributed by atoms with van der Waals surface area (Å²) in [5.74, 6) is 0.204. The minimum Gasteiger partial charge on any atom is -0.371 e. The van der Waals surface area contributed by atoms with E-state index in [2.05, 4.69) is 27.1 Å². The fourth-order valence-electron chi connectivity index (χ4n) is 3.79. The molecule has 0 radical (unpaired) electrons. The van der Waals surface area contributed by atoms with Crippen molar-refractivity contribution in [3.05, 3.63) is 67.7 Å². The van der Waals surface area contributed by atoms with Gasteiger partial charge in [0.25, 0.3) is 11.5 Å². The lowest BCUT2D eigenvalue weighted by Crippen LogP contribution is -2.31. The molecule has 1 aromatic heterocycles. The van der Waals surface area contributed by atoms with Crippen LogP contribution in [0.4, 0.5) is 5.69 Å². The summed E-state index contributed by atoms with van der Waals surface area (Å²) in [6, 6.07) is 10.9. The molecule has 8 heteroatoms. The van der Waals surface area contributed by atoms with Gasteiger partial charge in [0.2, 0.25) is 0 Å². The average molecular weight is 429 g/mol. The lowest BCUT2D eigenvalue weighted by Gasteiger charge is -2.21. The molecular weight excluding hydrogens is 408 g/mol. The topological polar surface area (TPSA) is 81.0 Å². The highest BCUT2D eigenvalue weighted by Crippen LogP contribution is 2.29. The maximum Gasteiger partial charge on any atom is 0.259 e. The van der Waals surface area contributed by atoms with Gasteiger partial charge >= 0.3 is 0 Å². The fraction of sp³-hybridized carbons (Fsp3) is 0.286. The van der Waals surface area contributed by atoms with Crippen LogP contribution >= 0.6 is 23.8 Å². The van der Waals surface area contributed by atoms with Gasteiger partial charge in [0, 0.05) is 35.9 Å². The zero-order chi connectivity index (χ0) is 20.5. The summed E-state index contributed by atoms with van der Waals surface area (Å²) in [6.07, 6.45) is 1.01. The summed E-state index contributed by atoms with van der Waals surface area (Å²) in [7, 11) is 0. The molecule has 2 heterocycles. The van der Waals surface area contributed by atoms with Crippen molar-refractivity contribution in [2.24, 2.45) is 5.92 Å². The molecule has 0 spiro atoms. The van der Waals surface area contributed by atoms with E-state index >= 15 is 0 Å². The van der Waals surface area contributed by atoms with Crippen LogP contribution in [0.25, 0.3) is 10.9 Å². The van der Waals surface area contributed by atoms with Crippen LogP contribution in [-0.4, -0.2) is 35.5 Å². The second-order valence-electron chi connectivity index (χ2n) is 7.41. The van der Waals surface area contributed by atoms with Crippen molar-refractivity contribution in [3.63, 3.8) is 0 Å². The zero-order valence-electron chi connectivity index (χ0n) is 15.9. The normalized spacial score (nSPS) is 16.3. The van der Waals surface area contributed by atoms with E-state index < -0.39 is 0 Å². The molecule has 1 saturated heterocycles. The van der Waals surface area contributed by atoms with Gasteiger partial charge < -0.3 is 15.2 Å². The number of nitrogens with one attached hydrogen (secondary N) is 3. The maximum atomic E-state index is 12.6. The Morgan fingerprint density at radius 2 is 2.10 bits per heavy atom. The van der Waals surface area contributed by atoms with Gasteiger partial charge in [-0.05, 0) is 67.4 Å². The van der Waals surface area contributed by atoms with Crippen LogP contribution in [-0.2, 0) is 0 Å². The van der Waals surface area contributed by atoms with E-state index in [4.69, 9.17) is 23.8 Å². The number of amides is 1. The summed E-state index contributed by atoms with van der Waals surface area (Å²) in [4.78, 5) is 32.3. The molecule has 0 aliphatic carbocycles. The Hall–Kier alpha value is -2.64. The lowest BCUT2D eigenvalue weighted by molar-refractivity contribution is 0.0948. The molecular formula is C21H21ClN4O2S. The molecule has 1 aliphatic rings. The third-order valence-electron chi connectivity index (χ3n) is 5.35. The number of aromatic nitrogens is 2. The van der Waals surface area contributed by atoms with Crippen molar-refractivity contribution in [1.82, 2.24) is 15.3 Å². The predicted octanol–water partition coefficient (Wildman–Crippen LogP) is 3.80. The molecule has 0 saturated carbocycles. The van der Waals surface area contributed by atoms with E-state index in [0.29, 0.717) is 28.9 Å². The SMILES string of the molecule is Cc1ccc(Cl)cc1N1CCC(CNC(=O)c2ccc3c(=O)[nH]c(=S)[nH]c3c2)C1. The molecule has 2 aromatic carbocycles. The first kappa shape index (κ1) is 19.7. The Balaban J connectivity index is 1.41. The third kappa shape index (κ3) is 4.21. The number of fused-ring (bicyclic) bond motifs is 1. The van der Waals surface area contributed by atoms with Crippen LogP contribution < -0.4 is 15.8 Å². The van der Waals surface area contributed by atoms with Crippen LogP contribution in [0.15, 0.2) is 41.2 Å². The van der Waals surface area contributed by atoms with Crippen molar-refractivity contribution >= 4 is 46.3 Å². The number of aryl methyl sites for hydroxylation is 1. The number of nitrogens with zero attached hydrogens (tertiary/aromatic N) is 1. The molecule has 1 unspecified atom stereocenters. The van der Waals surface area contributed by atoms with Crippen LogP contribution in [0.1, 0.15) is 22.3 Å². The minimum absolute atomic E-state index is 0.163. The maximum absolute atomic E-state index is 12.6. The smallest absolute Gasteiger partial charge is 0.259 e. The number of carbonyl (C=O) groups is 1. The molecule has 150 valence electrons. The summed E-state index contributed by atoms with van der Waals surface area (Å²) in [5, 5.41) is 4.22. The Bertz CT molecular complexity index is 1200. The molecule has 1 atom stereocenters. The number of hydrogen-bond acceptors (Lipinski definition) is 4. The zero-order valence-corrected chi connectivity index (χ0v) is 17.5. The van der Waals surface area contributed by atoms with E-state index in [1.54, 1.807) is 18.2 Å². The molecule has 1 aliphatic heterocycles. The number of carbonyl (C=O) groups excluding carboxylic acids is 1. The quantitative estimate of drug-likeness (QED) is 0.552. The largest absolute Gasteiger partial charge is 0.371 e. The summed E-state index contributed by atoms with van der Waals surface area (Å²) in [5.41, 5.74) is 3.13. The van der Waals surface area contributed by atoms with Crippen molar-refractivity contribution in [1.29, 1.82) is 0 Å². The van der Waals surface area contributed by atoms with E-state index in [1.807, 2.05) is 18.2 Å². The molecule has 1 fully saturated rings. The van der Waals surface area contributed by atoms with Crippen molar-refractivity contribution in [3.8, 4) is 0 Å². The fourth-order valence-corrected chi connectivity index (χ4v) is 4.16. The number of aromatic amines is 2. The highest BCUT2D eigenvalue weighted by Gasteiger charge is 2.24. The van der Waals surface area contributed by atoms with Gasteiger partial charge in [-0.25, -0.2) is 0 Å². The Morgan fingerprint density at radius 1 is 1.28 bits per heavy atom. The van der Waals surface area contributed by atoms with Crippen molar-refractivity contribution in [2.45, 2.75) is 13.3 Å². The summed E-state index contributed by atoms with van der Waals surface area (Å²) >= 11 is 11.2. The van der Waals surface area contributed by atoms with E-state index in [-0.39, 0.29) is 16.2 Å². The number of benzene rings is 2. The number of H-pyrrole nitrogens is 2. The number of halogens is 1. The molecule has 3 aromatic rings. The minimum atomic E-state index is -0.266. The molecule has 4 rings (SSSR count). The van der Waals surface area contributed by atoms with Crippen LogP contribution in [0, 0.1) is 17.6 Å². The second kappa shape index (κ2) is 8.00. The number of anilines is 1. The molecule has 0 bridgehead atoms. The van der Waals surface area contributed by atoms with Gasteiger partial charge in [-0.3, -0.25) is 14.6 Å². The van der Waals surface area contributed by atoms with Gasteiger partial charge in [0.1, 0.15) is 0 Å². The molecule has 6 nitrogen and oxygen atoms in total. The van der Waals surface area contributed by atoms with E-state index in [9.17, 15) is 9.59 Å². The Morgan fingerprint density at radius 3 is 2.93 bits per heavy atom. The molecule has 29 heavy (non-hydrogen) atoms. The average Bonchev–Trinajstić information content (AvgIpc) is 3.16. The van der Waals surface area contributed by atoms with E-state index in [0.717, 1.165) is 30.2 Å². The summed E-state index contributed by atoms with van der Waals surface area (Å²) < 4.78 is 0.238. The third-order valence-corrected chi connectivity index (χ3v) is 5.79. The first-order valence-corrected chi connectivity index (χ1v) is 10.2. The standard InChI is InChI=1S/C21H21ClN4O2S/c1-12-2-4-15(22)9-18(12)26-7-6-13(11-26)10-23-19(27)14-3-5-16-17(8-14)24-21(29)25-20(16)28/h2-5,8-9,13H,6-7,10-11H2,1H3,(H,23,27)(H2,24,25,28,29). The number of hydrogen-bond donors (Lipinski definition) is 3. The Labute approximate surface area is 177 Å². The van der Waals surface area contributed by atoms with Gasteiger partial charge in [-0.1, -0.05) is 17.7 Å². The van der Waals surface area contributed by atoms with Crippen LogP contribution in [0.5, 0.6) is 0 Å². The van der Waals surface area contributed by atoms with Crippen molar-refractivity contribution < 1.29 is 4.79 Å². The van der Waals surface area contributed by atoms with Crippen LogP contribution in [0.3, 0.4) is 0 Å². The highest BCUT2D eigenvalue weighted by atomic mass is 35.5. The molecule has 1 amide bonds. The molecule has 3 N–H and O–H groups in total. The first-order valence-electron chi connectivity index (χ1n) is 9.46. The van der Waals surface area contributed by atoms with E-state index in [1.165, 1.54) is 5.56 Å².